The molecule has 0 radical (unpaired) electrons. The number of nitrogens with one attached hydrogen (secondary N) is 1. The van der Waals surface area contributed by atoms with Gasteiger partial charge in [-0.25, -0.2) is 27.8 Å². The SMILES string of the molecule is COc1ccccc1Oc1c(NS(=O)(=O)CCc2ccccc2)nc(-c2ncccn2)nc1OCCF. The second-order valence-corrected chi connectivity index (χ2v) is 9.39. The predicted octanol–water partition coefficient (Wildman–Crippen LogP) is 4.07. The summed E-state index contributed by atoms with van der Waals surface area (Å²) in [5.74, 6) is -0.122. The number of alkyl halides is 1. The number of aryl methyl sites for hydroxylation is 1. The molecule has 0 amide bonds. The number of aromatic nitrogens is 4. The molecular weight excluding hydrogens is 501 g/mol. The van der Waals surface area contributed by atoms with Crippen LogP contribution in [0.4, 0.5) is 10.2 Å². The average Bonchev–Trinajstić information content (AvgIpc) is 2.93. The van der Waals surface area contributed by atoms with E-state index in [0.717, 1.165) is 5.56 Å². The van der Waals surface area contributed by atoms with Crippen molar-refractivity contribution >= 4 is 15.8 Å². The molecule has 0 aliphatic heterocycles. The molecule has 0 unspecified atom stereocenters. The zero-order valence-corrected chi connectivity index (χ0v) is 20.7. The molecule has 12 heteroatoms. The number of hydrogen-bond acceptors (Lipinski definition) is 9. The third kappa shape index (κ3) is 6.88. The zero-order chi connectivity index (χ0) is 26.1. The average molecular weight is 526 g/mol. The van der Waals surface area contributed by atoms with E-state index in [4.69, 9.17) is 14.2 Å². The molecule has 2 aromatic heterocycles. The largest absolute Gasteiger partial charge is 0.493 e. The van der Waals surface area contributed by atoms with E-state index >= 15 is 0 Å². The Hall–Kier alpha value is -4.32. The summed E-state index contributed by atoms with van der Waals surface area (Å²) in [5, 5.41) is 0. The van der Waals surface area contributed by atoms with Gasteiger partial charge in [-0.1, -0.05) is 42.5 Å². The summed E-state index contributed by atoms with van der Waals surface area (Å²) in [6.07, 6.45) is 3.23. The monoisotopic (exact) mass is 525 g/mol. The maximum absolute atomic E-state index is 13.1. The number of hydrogen-bond donors (Lipinski definition) is 1. The summed E-state index contributed by atoms with van der Waals surface area (Å²) in [4.78, 5) is 16.9. The number of benzene rings is 2. The van der Waals surface area contributed by atoms with Crippen LogP contribution in [0.1, 0.15) is 5.56 Å². The van der Waals surface area contributed by atoms with Crippen molar-refractivity contribution in [1.29, 1.82) is 0 Å². The molecule has 0 bridgehead atoms. The number of ether oxygens (including phenoxy) is 3. The highest BCUT2D eigenvalue weighted by Gasteiger charge is 2.25. The fourth-order valence-corrected chi connectivity index (χ4v) is 4.29. The van der Waals surface area contributed by atoms with E-state index in [-0.39, 0.29) is 53.6 Å². The van der Waals surface area contributed by atoms with Gasteiger partial charge in [0.2, 0.25) is 21.6 Å². The Morgan fingerprint density at radius 3 is 2.30 bits per heavy atom. The van der Waals surface area contributed by atoms with Crippen molar-refractivity contribution in [2.75, 3.05) is 30.9 Å². The molecule has 0 aliphatic carbocycles. The van der Waals surface area contributed by atoms with Crippen molar-refractivity contribution in [3.05, 3.63) is 78.6 Å². The molecule has 192 valence electrons. The normalized spacial score (nSPS) is 11.1. The van der Waals surface area contributed by atoms with E-state index in [1.807, 2.05) is 30.3 Å². The minimum atomic E-state index is -3.92. The molecule has 0 saturated carbocycles. The Morgan fingerprint density at radius 1 is 0.892 bits per heavy atom. The van der Waals surface area contributed by atoms with Crippen LogP contribution in [0, 0.1) is 0 Å². The summed E-state index contributed by atoms with van der Waals surface area (Å²) in [6, 6.07) is 17.5. The van der Waals surface area contributed by atoms with E-state index in [9.17, 15) is 12.8 Å². The number of anilines is 1. The highest BCUT2D eigenvalue weighted by molar-refractivity contribution is 7.92. The molecule has 0 spiro atoms. The number of para-hydroxylation sites is 2. The maximum Gasteiger partial charge on any atom is 0.264 e. The van der Waals surface area contributed by atoms with E-state index in [0.29, 0.717) is 5.75 Å². The molecule has 10 nitrogen and oxygen atoms in total. The van der Waals surface area contributed by atoms with Crippen LogP contribution in [0.15, 0.2) is 73.1 Å². The maximum atomic E-state index is 13.1. The minimum absolute atomic E-state index is 0.0393. The van der Waals surface area contributed by atoms with E-state index in [1.165, 1.54) is 19.5 Å². The van der Waals surface area contributed by atoms with Crippen molar-refractivity contribution < 1.29 is 27.0 Å². The Bertz CT molecular complexity index is 1430. The van der Waals surface area contributed by atoms with Crippen LogP contribution in [0.3, 0.4) is 0 Å². The first-order chi connectivity index (χ1) is 18.0. The number of methoxy groups -OCH3 is 1. The second kappa shape index (κ2) is 12.1. The van der Waals surface area contributed by atoms with Crippen molar-refractivity contribution in [1.82, 2.24) is 19.9 Å². The van der Waals surface area contributed by atoms with Gasteiger partial charge in [0.05, 0.1) is 12.9 Å². The first-order valence-corrected chi connectivity index (χ1v) is 12.9. The van der Waals surface area contributed by atoms with Gasteiger partial charge in [-0.3, -0.25) is 4.72 Å². The fourth-order valence-electron chi connectivity index (χ4n) is 3.25. The Labute approximate surface area is 213 Å². The standard InChI is InChI=1S/C25H24FN5O5S/c1-34-19-10-5-6-11-20(19)36-21-22(31-37(32,33)17-12-18-8-3-2-4-9-18)29-24(23-27-14-7-15-28-23)30-25(21)35-16-13-26/h2-11,14-15H,12-13,16-17H2,1H3,(H,29,30,31). The van der Waals surface area contributed by atoms with Gasteiger partial charge in [-0.15, -0.1) is 0 Å². The molecule has 0 atom stereocenters. The Balaban J connectivity index is 1.77. The lowest BCUT2D eigenvalue weighted by Crippen LogP contribution is -2.20. The highest BCUT2D eigenvalue weighted by Crippen LogP contribution is 2.41. The van der Waals surface area contributed by atoms with Crippen LogP contribution in [-0.4, -0.2) is 54.5 Å². The third-order valence-electron chi connectivity index (χ3n) is 4.95. The number of sulfonamides is 1. The molecule has 4 aromatic rings. The second-order valence-electron chi connectivity index (χ2n) is 7.55. The van der Waals surface area contributed by atoms with Gasteiger partial charge < -0.3 is 14.2 Å². The van der Waals surface area contributed by atoms with Crippen LogP contribution >= 0.6 is 0 Å². The van der Waals surface area contributed by atoms with Gasteiger partial charge in [0.15, 0.2) is 23.1 Å². The van der Waals surface area contributed by atoms with E-state index < -0.39 is 16.7 Å². The van der Waals surface area contributed by atoms with Crippen LogP contribution in [0.5, 0.6) is 23.1 Å². The Morgan fingerprint density at radius 2 is 1.59 bits per heavy atom. The molecule has 37 heavy (non-hydrogen) atoms. The summed E-state index contributed by atoms with van der Waals surface area (Å²) < 4.78 is 58.5. The quantitative estimate of drug-likeness (QED) is 0.291. The first kappa shape index (κ1) is 25.8. The van der Waals surface area contributed by atoms with E-state index in [1.54, 1.807) is 30.3 Å². The topological polar surface area (TPSA) is 125 Å². The summed E-state index contributed by atoms with van der Waals surface area (Å²) in [5.41, 5.74) is 0.853. The molecular formula is C25H24FN5O5S. The highest BCUT2D eigenvalue weighted by atomic mass is 32.2. The first-order valence-electron chi connectivity index (χ1n) is 11.2. The lowest BCUT2D eigenvalue weighted by Gasteiger charge is -2.17. The van der Waals surface area contributed by atoms with Crippen molar-refractivity contribution in [3.8, 4) is 34.8 Å². The van der Waals surface area contributed by atoms with Gasteiger partial charge in [0.25, 0.3) is 5.88 Å². The molecule has 2 aromatic carbocycles. The van der Waals surface area contributed by atoms with E-state index in [2.05, 4.69) is 24.7 Å². The van der Waals surface area contributed by atoms with Crippen molar-refractivity contribution in [3.63, 3.8) is 0 Å². The van der Waals surface area contributed by atoms with Gasteiger partial charge in [-0.2, -0.15) is 4.98 Å². The molecule has 0 saturated heterocycles. The van der Waals surface area contributed by atoms with Crippen LogP contribution < -0.4 is 18.9 Å². The summed E-state index contributed by atoms with van der Waals surface area (Å²) >= 11 is 0. The van der Waals surface area contributed by atoms with Crippen LogP contribution in [0.2, 0.25) is 0 Å². The smallest absolute Gasteiger partial charge is 0.264 e. The Kier molecular flexibility index (Phi) is 8.41. The zero-order valence-electron chi connectivity index (χ0n) is 19.9. The number of nitrogens with zero attached hydrogens (tertiary/aromatic N) is 4. The van der Waals surface area contributed by atoms with Crippen molar-refractivity contribution in [2.24, 2.45) is 0 Å². The molecule has 2 heterocycles. The fraction of sp³-hybridized carbons (Fsp3) is 0.200. The predicted molar refractivity (Wildman–Crippen MR) is 135 cm³/mol. The number of halogens is 1. The minimum Gasteiger partial charge on any atom is -0.493 e. The lowest BCUT2D eigenvalue weighted by molar-refractivity contribution is 0.254. The van der Waals surface area contributed by atoms with Crippen LogP contribution in [0.25, 0.3) is 11.6 Å². The number of rotatable bonds is 12. The van der Waals surface area contributed by atoms with Gasteiger partial charge in [-0.05, 0) is 30.2 Å². The molecule has 0 aliphatic rings. The van der Waals surface area contributed by atoms with Gasteiger partial charge in [0.1, 0.15) is 13.3 Å². The molecule has 0 fully saturated rings. The lowest BCUT2D eigenvalue weighted by atomic mass is 10.2. The van der Waals surface area contributed by atoms with Crippen LogP contribution in [-0.2, 0) is 16.4 Å². The summed E-state index contributed by atoms with van der Waals surface area (Å²) in [7, 11) is -2.46. The van der Waals surface area contributed by atoms with Gasteiger partial charge >= 0.3 is 0 Å². The summed E-state index contributed by atoms with van der Waals surface area (Å²) in [6.45, 7) is -1.16. The van der Waals surface area contributed by atoms with Crippen molar-refractivity contribution in [2.45, 2.75) is 6.42 Å². The molecule has 4 rings (SSSR count). The third-order valence-corrected chi connectivity index (χ3v) is 6.20. The molecule has 1 N–H and O–H groups in total. The van der Waals surface area contributed by atoms with Gasteiger partial charge in [0, 0.05) is 12.4 Å².